The van der Waals surface area contributed by atoms with Crippen LogP contribution in [0.3, 0.4) is 0 Å². The number of rotatable bonds is 5. The summed E-state index contributed by atoms with van der Waals surface area (Å²) in [5.74, 6) is 1.37. The Hall–Kier alpha value is -2.59. The maximum Gasteiger partial charge on any atom is 0.308 e. The molecule has 27 heavy (non-hydrogen) atoms. The van der Waals surface area contributed by atoms with Gasteiger partial charge in [-0.2, -0.15) is 0 Å². The minimum absolute atomic E-state index is 0.278. The van der Waals surface area contributed by atoms with Crippen molar-refractivity contribution in [2.45, 2.75) is 40.2 Å². The Morgan fingerprint density at radius 1 is 1.15 bits per heavy atom. The number of esters is 1. The molecule has 2 aromatic carbocycles. The predicted molar refractivity (Wildman–Crippen MR) is 109 cm³/mol. The molecular weight excluding hydrogens is 338 g/mol. The molecular formula is C23H29NO3. The number of ether oxygens (including phenoxy) is 2. The third-order valence-corrected chi connectivity index (χ3v) is 4.31. The van der Waals surface area contributed by atoms with E-state index in [1.54, 1.807) is 12.1 Å². The molecule has 0 saturated carbocycles. The van der Waals surface area contributed by atoms with Gasteiger partial charge in [-0.1, -0.05) is 44.2 Å². The maximum absolute atomic E-state index is 10.5. The number of aryl methyl sites for hydroxylation is 2. The van der Waals surface area contributed by atoms with Crippen LogP contribution in [-0.4, -0.2) is 24.1 Å². The molecule has 0 aromatic heterocycles. The van der Waals surface area contributed by atoms with Gasteiger partial charge in [0.05, 0.1) is 0 Å². The van der Waals surface area contributed by atoms with Gasteiger partial charge >= 0.3 is 5.97 Å². The first-order chi connectivity index (χ1) is 13.0. The number of hydrogen-bond donors (Lipinski definition) is 0. The monoisotopic (exact) mass is 367 g/mol. The Morgan fingerprint density at radius 3 is 2.41 bits per heavy atom. The molecule has 0 atom stereocenters. The van der Waals surface area contributed by atoms with Crippen LogP contribution in [0.5, 0.6) is 11.5 Å². The number of carbonyl (C=O) groups is 1. The molecule has 3 rings (SSSR count). The van der Waals surface area contributed by atoms with Crippen LogP contribution in [0.15, 0.2) is 55.1 Å². The lowest BCUT2D eigenvalue weighted by Crippen LogP contribution is -2.32. The average molecular weight is 367 g/mol. The summed E-state index contributed by atoms with van der Waals surface area (Å²) < 4.78 is 10.5. The number of carbonyl (C=O) groups excluding carboxylic acids is 1. The lowest BCUT2D eigenvalue weighted by Gasteiger charge is -2.28. The molecule has 0 bridgehead atoms. The zero-order valence-electron chi connectivity index (χ0n) is 16.5. The molecule has 0 radical (unpaired) electrons. The summed E-state index contributed by atoms with van der Waals surface area (Å²) in [7, 11) is 0. The van der Waals surface area contributed by atoms with Gasteiger partial charge in [0, 0.05) is 25.6 Å². The van der Waals surface area contributed by atoms with E-state index in [0.717, 1.165) is 31.7 Å². The largest absolute Gasteiger partial charge is 0.478 e. The van der Waals surface area contributed by atoms with E-state index < -0.39 is 0 Å². The van der Waals surface area contributed by atoms with Crippen molar-refractivity contribution >= 4 is 5.97 Å². The average Bonchev–Trinajstić information content (AvgIpc) is 2.68. The van der Waals surface area contributed by atoms with Crippen LogP contribution in [0.1, 0.15) is 37.5 Å². The van der Waals surface area contributed by atoms with Crippen LogP contribution in [0, 0.1) is 0 Å². The minimum Gasteiger partial charge on any atom is -0.478 e. The second-order valence-corrected chi connectivity index (χ2v) is 6.46. The van der Waals surface area contributed by atoms with Crippen molar-refractivity contribution in [1.82, 2.24) is 4.90 Å². The molecule has 4 nitrogen and oxygen atoms in total. The fraction of sp³-hybridized carbons (Fsp3) is 0.348. The van der Waals surface area contributed by atoms with Gasteiger partial charge in [0.1, 0.15) is 18.2 Å². The first-order valence-electron chi connectivity index (χ1n) is 9.40. The number of nitrogens with zero attached hydrogens (tertiary/aromatic N) is 1. The van der Waals surface area contributed by atoms with Crippen molar-refractivity contribution in [2.75, 3.05) is 13.3 Å². The van der Waals surface area contributed by atoms with E-state index in [4.69, 9.17) is 9.47 Å². The number of benzene rings is 2. The van der Waals surface area contributed by atoms with Crippen LogP contribution in [-0.2, 0) is 24.2 Å². The molecule has 1 aliphatic rings. The molecule has 0 saturated heterocycles. The fourth-order valence-electron chi connectivity index (χ4n) is 2.82. The van der Waals surface area contributed by atoms with E-state index in [2.05, 4.69) is 43.5 Å². The van der Waals surface area contributed by atoms with Gasteiger partial charge in [-0.05, 0) is 42.2 Å². The highest BCUT2D eigenvalue weighted by atomic mass is 16.5. The molecule has 2 aromatic rings. The van der Waals surface area contributed by atoms with Crippen LogP contribution in [0.2, 0.25) is 0 Å². The molecule has 0 fully saturated rings. The Morgan fingerprint density at radius 2 is 1.81 bits per heavy atom. The Labute approximate surface area is 162 Å². The Balaban J connectivity index is 0.000000199. The minimum atomic E-state index is -0.278. The smallest absolute Gasteiger partial charge is 0.308 e. The highest BCUT2D eigenvalue weighted by Gasteiger charge is 2.15. The van der Waals surface area contributed by atoms with Crippen molar-refractivity contribution in [3.05, 3.63) is 71.8 Å². The topological polar surface area (TPSA) is 38.8 Å². The highest BCUT2D eigenvalue weighted by molar-refractivity contribution is 5.69. The summed E-state index contributed by atoms with van der Waals surface area (Å²) in [5, 5.41) is 0. The van der Waals surface area contributed by atoms with Crippen LogP contribution in [0.25, 0.3) is 0 Å². The molecule has 1 heterocycles. The van der Waals surface area contributed by atoms with Gasteiger partial charge in [0.15, 0.2) is 0 Å². The molecule has 144 valence electrons. The van der Waals surface area contributed by atoms with Crippen LogP contribution >= 0.6 is 0 Å². The molecule has 4 heteroatoms. The quantitative estimate of drug-likeness (QED) is 0.434. The van der Waals surface area contributed by atoms with Crippen LogP contribution in [0.4, 0.5) is 0 Å². The second-order valence-electron chi connectivity index (χ2n) is 6.46. The summed E-state index contributed by atoms with van der Waals surface area (Å²) in [5.41, 5.74) is 3.91. The lowest BCUT2D eigenvalue weighted by atomic mass is 10.1. The van der Waals surface area contributed by atoms with Gasteiger partial charge in [-0.3, -0.25) is 9.69 Å². The van der Waals surface area contributed by atoms with Crippen molar-refractivity contribution in [3.8, 4) is 11.5 Å². The van der Waals surface area contributed by atoms with Gasteiger partial charge in [-0.15, -0.1) is 6.58 Å². The Kier molecular flexibility index (Phi) is 8.08. The van der Waals surface area contributed by atoms with Crippen molar-refractivity contribution in [2.24, 2.45) is 0 Å². The zero-order valence-corrected chi connectivity index (χ0v) is 16.5. The van der Waals surface area contributed by atoms with Crippen molar-refractivity contribution in [3.63, 3.8) is 0 Å². The summed E-state index contributed by atoms with van der Waals surface area (Å²) in [6.45, 7) is 11.9. The molecule has 0 spiro atoms. The fourth-order valence-corrected chi connectivity index (χ4v) is 2.82. The van der Waals surface area contributed by atoms with Crippen molar-refractivity contribution < 1.29 is 14.3 Å². The third-order valence-electron chi connectivity index (χ3n) is 4.31. The van der Waals surface area contributed by atoms with E-state index in [1.165, 1.54) is 23.6 Å². The van der Waals surface area contributed by atoms with E-state index in [1.807, 2.05) is 18.2 Å². The number of fused-ring (bicyclic) bond motifs is 1. The molecule has 0 amide bonds. The first-order valence-corrected chi connectivity index (χ1v) is 9.40. The molecule has 0 N–H and O–H groups in total. The van der Waals surface area contributed by atoms with E-state index in [0.29, 0.717) is 12.5 Å². The Bertz CT molecular complexity index is 753. The van der Waals surface area contributed by atoms with Gasteiger partial charge in [0.2, 0.25) is 0 Å². The van der Waals surface area contributed by atoms with Gasteiger partial charge in [-0.25, -0.2) is 0 Å². The van der Waals surface area contributed by atoms with E-state index in [9.17, 15) is 4.79 Å². The first kappa shape index (κ1) is 20.7. The number of hydrogen-bond acceptors (Lipinski definition) is 4. The van der Waals surface area contributed by atoms with E-state index in [-0.39, 0.29) is 5.97 Å². The van der Waals surface area contributed by atoms with Gasteiger partial charge in [0.25, 0.3) is 0 Å². The summed E-state index contributed by atoms with van der Waals surface area (Å²) in [6.07, 6.45) is 3.99. The maximum atomic E-state index is 10.5. The van der Waals surface area contributed by atoms with Gasteiger partial charge < -0.3 is 9.47 Å². The van der Waals surface area contributed by atoms with Crippen molar-refractivity contribution in [1.29, 1.82) is 0 Å². The zero-order chi connectivity index (χ0) is 19.6. The third kappa shape index (κ3) is 6.57. The second kappa shape index (κ2) is 10.5. The normalized spacial score (nSPS) is 12.9. The SMILES string of the molecule is C=CCN1COc2ccc(CC)cc2C1.CCc1ccc(OC(C)=O)cc1. The standard InChI is InChI=1S/C13H17NO.C10H12O2/c1-3-7-14-9-12-8-11(4-2)5-6-13(12)15-10-14;1-3-9-4-6-10(7-5-9)12-8(2)11/h3,5-6,8H,1,4,7,9-10H2,2H3;4-7H,3H2,1-2H3. The summed E-state index contributed by atoms with van der Waals surface area (Å²) in [6, 6.07) is 14.0. The molecule has 0 aliphatic carbocycles. The molecule has 0 unspecified atom stereocenters. The summed E-state index contributed by atoms with van der Waals surface area (Å²) >= 11 is 0. The highest BCUT2D eigenvalue weighted by Crippen LogP contribution is 2.25. The molecule has 1 aliphatic heterocycles. The summed E-state index contributed by atoms with van der Waals surface area (Å²) in [4.78, 5) is 12.8. The predicted octanol–water partition coefficient (Wildman–Crippen LogP) is 4.76. The van der Waals surface area contributed by atoms with Crippen LogP contribution < -0.4 is 9.47 Å². The van der Waals surface area contributed by atoms with E-state index >= 15 is 0 Å². The lowest BCUT2D eigenvalue weighted by molar-refractivity contribution is -0.131.